The normalized spacial score (nSPS) is 15.9. The van der Waals surface area contributed by atoms with Crippen molar-refractivity contribution >= 4 is 34.9 Å². The molecular formula is C24H33N5O4S. The van der Waals surface area contributed by atoms with Crippen LogP contribution in [0.1, 0.15) is 25.3 Å². The first-order chi connectivity index (χ1) is 16.4. The maximum atomic E-state index is 13.4. The summed E-state index contributed by atoms with van der Waals surface area (Å²) < 4.78 is 5.38. The summed E-state index contributed by atoms with van der Waals surface area (Å²) in [6, 6.07) is 9.30. The highest BCUT2D eigenvalue weighted by Crippen LogP contribution is 2.32. The number of carbonyl (C=O) groups excluding carboxylic acids is 3. The zero-order valence-electron chi connectivity index (χ0n) is 19.8. The highest BCUT2D eigenvalue weighted by Gasteiger charge is 2.48. The van der Waals surface area contributed by atoms with Crippen LogP contribution in [0.5, 0.6) is 0 Å². The summed E-state index contributed by atoms with van der Waals surface area (Å²) in [5.41, 5.74) is 6.81. The van der Waals surface area contributed by atoms with Crippen LogP contribution < -0.4 is 10.6 Å². The molecule has 0 bridgehead atoms. The summed E-state index contributed by atoms with van der Waals surface area (Å²) in [4.78, 5) is 49.2. The van der Waals surface area contributed by atoms with Gasteiger partial charge in [-0.3, -0.25) is 24.2 Å². The van der Waals surface area contributed by atoms with Gasteiger partial charge in [0, 0.05) is 51.4 Å². The Bertz CT molecular complexity index is 950. The maximum absolute atomic E-state index is 13.4. The molecule has 0 radical (unpaired) electrons. The molecule has 9 nitrogen and oxygen atoms in total. The van der Waals surface area contributed by atoms with E-state index in [0.29, 0.717) is 32.1 Å². The summed E-state index contributed by atoms with van der Waals surface area (Å²) in [5.74, 6) is -0.979. The van der Waals surface area contributed by atoms with E-state index < -0.39 is 11.4 Å². The molecule has 1 aromatic carbocycles. The van der Waals surface area contributed by atoms with Crippen molar-refractivity contribution in [3.8, 4) is 0 Å². The number of morpholine rings is 1. The number of hydrogen-bond donors (Lipinski definition) is 1. The molecule has 2 heterocycles. The van der Waals surface area contributed by atoms with Gasteiger partial charge in [-0.2, -0.15) is 0 Å². The number of likely N-dealkylation sites (N-methyl/N-ethyl adjacent to an activating group) is 1. The van der Waals surface area contributed by atoms with Crippen molar-refractivity contribution in [3.63, 3.8) is 0 Å². The fraction of sp³-hybridized carbons (Fsp3) is 0.500. The second-order valence-corrected chi connectivity index (χ2v) is 9.15. The Kier molecular flexibility index (Phi) is 9.14. The Balaban J connectivity index is 1.91. The summed E-state index contributed by atoms with van der Waals surface area (Å²) in [6.45, 7) is 5.93. The molecule has 10 heteroatoms. The Morgan fingerprint density at radius 2 is 1.88 bits per heavy atom. The molecule has 0 spiro atoms. The lowest BCUT2D eigenvalue weighted by molar-refractivity contribution is -0.137. The lowest BCUT2D eigenvalue weighted by Gasteiger charge is -2.41. The minimum absolute atomic E-state index is 0.107. The molecule has 1 atom stereocenters. The second-order valence-electron chi connectivity index (χ2n) is 8.43. The quantitative estimate of drug-likeness (QED) is 0.515. The summed E-state index contributed by atoms with van der Waals surface area (Å²) >= 11 is 1.31. The first-order valence-corrected chi connectivity index (χ1v) is 12.4. The molecule has 0 saturated carbocycles. The predicted molar refractivity (Wildman–Crippen MR) is 131 cm³/mol. The fourth-order valence-electron chi connectivity index (χ4n) is 4.13. The van der Waals surface area contributed by atoms with Gasteiger partial charge in [0.1, 0.15) is 11.4 Å². The zero-order valence-corrected chi connectivity index (χ0v) is 20.6. The van der Waals surface area contributed by atoms with Gasteiger partial charge in [0.05, 0.1) is 25.1 Å². The van der Waals surface area contributed by atoms with Gasteiger partial charge in [-0.05, 0) is 5.56 Å². The highest BCUT2D eigenvalue weighted by molar-refractivity contribution is 7.07. The van der Waals surface area contributed by atoms with Crippen molar-refractivity contribution in [2.24, 2.45) is 5.73 Å². The van der Waals surface area contributed by atoms with E-state index in [9.17, 15) is 14.4 Å². The molecular weight excluding hydrogens is 454 g/mol. The van der Waals surface area contributed by atoms with Gasteiger partial charge in [-0.25, -0.2) is 4.98 Å². The van der Waals surface area contributed by atoms with Gasteiger partial charge in [0.25, 0.3) is 0 Å². The van der Waals surface area contributed by atoms with Crippen LogP contribution in [-0.4, -0.2) is 84.5 Å². The smallest absolute Gasteiger partial charge is 0.244 e. The van der Waals surface area contributed by atoms with Crippen LogP contribution in [0.4, 0.5) is 5.82 Å². The van der Waals surface area contributed by atoms with Crippen molar-refractivity contribution in [3.05, 3.63) is 46.8 Å². The van der Waals surface area contributed by atoms with E-state index in [0.717, 1.165) is 18.7 Å². The van der Waals surface area contributed by atoms with Crippen molar-refractivity contribution in [1.29, 1.82) is 0 Å². The number of nitrogens with zero attached hydrogens (tertiary/aromatic N) is 4. The first-order valence-electron chi connectivity index (χ1n) is 11.5. The van der Waals surface area contributed by atoms with E-state index in [1.165, 1.54) is 16.2 Å². The van der Waals surface area contributed by atoms with Crippen molar-refractivity contribution in [2.75, 3.05) is 51.3 Å². The summed E-state index contributed by atoms with van der Waals surface area (Å²) in [5, 5.41) is 1.70. The second kappa shape index (κ2) is 12.0. The Morgan fingerprint density at radius 3 is 2.47 bits per heavy atom. The molecule has 1 fully saturated rings. The lowest BCUT2D eigenvalue weighted by atomic mass is 9.83. The van der Waals surface area contributed by atoms with Crippen LogP contribution in [0, 0.1) is 0 Å². The van der Waals surface area contributed by atoms with E-state index in [2.05, 4.69) is 9.88 Å². The zero-order chi connectivity index (χ0) is 24.6. The molecule has 2 N–H and O–H groups in total. The van der Waals surface area contributed by atoms with Gasteiger partial charge >= 0.3 is 0 Å². The van der Waals surface area contributed by atoms with E-state index in [1.54, 1.807) is 29.8 Å². The monoisotopic (exact) mass is 487 g/mol. The molecule has 3 rings (SSSR count). The molecule has 1 aliphatic heterocycles. The number of thiazole rings is 1. The van der Waals surface area contributed by atoms with Crippen molar-refractivity contribution in [2.45, 2.75) is 31.7 Å². The van der Waals surface area contributed by atoms with Crippen LogP contribution in [-0.2, 0) is 25.5 Å². The number of hydrogen-bond acceptors (Lipinski definition) is 7. The number of anilines is 1. The summed E-state index contributed by atoms with van der Waals surface area (Å²) in [6.07, 6.45) is 0.0119. The number of primary amides is 1. The fourth-order valence-corrected chi connectivity index (χ4v) is 4.64. The van der Waals surface area contributed by atoms with Crippen LogP contribution in [0.2, 0.25) is 0 Å². The van der Waals surface area contributed by atoms with Gasteiger partial charge in [-0.15, -0.1) is 11.3 Å². The molecule has 3 amide bonds. The van der Waals surface area contributed by atoms with Crippen molar-refractivity contribution < 1.29 is 19.1 Å². The van der Waals surface area contributed by atoms with Crippen LogP contribution in [0.25, 0.3) is 0 Å². The number of ether oxygens (including phenoxy) is 1. The Labute approximate surface area is 204 Å². The third-order valence-electron chi connectivity index (χ3n) is 6.15. The van der Waals surface area contributed by atoms with Crippen molar-refractivity contribution in [1.82, 2.24) is 14.8 Å². The minimum Gasteiger partial charge on any atom is -0.379 e. The number of aromatic nitrogens is 1. The molecule has 2 aromatic rings. The topological polar surface area (TPSA) is 109 Å². The Morgan fingerprint density at radius 1 is 1.18 bits per heavy atom. The lowest BCUT2D eigenvalue weighted by Crippen LogP contribution is -2.63. The molecule has 184 valence electrons. The SMILES string of the molecule is CCC(=O)N(c1cscn1)[C@@](CC(=O)N(C)CCN1CCOCC1)(Cc1ccccc1)C(N)=O. The molecule has 1 aromatic heterocycles. The van der Waals surface area contributed by atoms with Gasteiger partial charge in [0.15, 0.2) is 0 Å². The average Bonchev–Trinajstić information content (AvgIpc) is 3.37. The number of rotatable bonds is 11. The van der Waals surface area contributed by atoms with Gasteiger partial charge < -0.3 is 15.4 Å². The van der Waals surface area contributed by atoms with Gasteiger partial charge in [-0.1, -0.05) is 37.3 Å². The Hall–Kier alpha value is -2.82. The minimum atomic E-state index is -1.59. The van der Waals surface area contributed by atoms with E-state index in [-0.39, 0.29) is 31.1 Å². The van der Waals surface area contributed by atoms with Gasteiger partial charge in [0.2, 0.25) is 17.7 Å². The first kappa shape index (κ1) is 25.8. The largest absolute Gasteiger partial charge is 0.379 e. The molecule has 34 heavy (non-hydrogen) atoms. The number of amides is 3. The average molecular weight is 488 g/mol. The molecule has 1 aliphatic rings. The number of carbonyl (C=O) groups is 3. The van der Waals surface area contributed by atoms with E-state index in [4.69, 9.17) is 10.5 Å². The molecule has 0 unspecified atom stereocenters. The van der Waals surface area contributed by atoms with Crippen LogP contribution in [0.15, 0.2) is 41.2 Å². The highest BCUT2D eigenvalue weighted by atomic mass is 32.1. The van der Waals surface area contributed by atoms with Crippen LogP contribution >= 0.6 is 11.3 Å². The van der Waals surface area contributed by atoms with E-state index in [1.807, 2.05) is 30.3 Å². The third-order valence-corrected chi connectivity index (χ3v) is 6.73. The predicted octanol–water partition coefficient (Wildman–Crippen LogP) is 1.53. The summed E-state index contributed by atoms with van der Waals surface area (Å²) in [7, 11) is 1.71. The van der Waals surface area contributed by atoms with E-state index >= 15 is 0 Å². The third kappa shape index (κ3) is 6.19. The molecule has 1 saturated heterocycles. The maximum Gasteiger partial charge on any atom is 0.244 e. The number of benzene rings is 1. The molecule has 0 aliphatic carbocycles. The standard InChI is InChI=1S/C24H33N5O4S/c1-3-21(30)29(20-17-34-18-26-20)24(23(25)32,15-19-7-5-4-6-8-19)16-22(31)27(2)9-10-28-11-13-33-14-12-28/h4-8,17-18H,3,9-16H2,1-2H3,(H2,25,32)/t24-/m1/s1. The number of nitrogens with two attached hydrogens (primary N) is 1. The van der Waals surface area contributed by atoms with Crippen LogP contribution in [0.3, 0.4) is 0 Å².